The van der Waals surface area contributed by atoms with Crippen LogP contribution in [0.25, 0.3) is 0 Å². The average molecular weight is 187 g/mol. The molecule has 0 aromatic heterocycles. The molecule has 0 bridgehead atoms. The van der Waals surface area contributed by atoms with Crippen LogP contribution in [0.15, 0.2) is 10.6 Å². The Hall–Kier alpha value is -0.440. The van der Waals surface area contributed by atoms with Crippen LogP contribution in [0, 0.1) is 10.8 Å². The molecule has 0 aromatic rings. The standard InChI is InChI=1S/C6H7BrN2/c7-5-2-1-4(8)3-6(5)9/h2,8-9H,1,3H2. The molecule has 1 aliphatic carbocycles. The lowest BCUT2D eigenvalue weighted by molar-refractivity contribution is 1.24. The lowest BCUT2D eigenvalue weighted by atomic mass is 10.0. The van der Waals surface area contributed by atoms with Crippen LogP contribution in [-0.4, -0.2) is 11.4 Å². The normalized spacial score (nSPS) is 19.9. The number of halogens is 1. The first-order valence-electron chi connectivity index (χ1n) is 2.70. The molecule has 0 heterocycles. The van der Waals surface area contributed by atoms with Gasteiger partial charge in [0.25, 0.3) is 0 Å². The van der Waals surface area contributed by atoms with E-state index in [1.54, 1.807) is 0 Å². The van der Waals surface area contributed by atoms with E-state index >= 15 is 0 Å². The van der Waals surface area contributed by atoms with E-state index in [1.165, 1.54) is 0 Å². The quantitative estimate of drug-likeness (QED) is 0.583. The van der Waals surface area contributed by atoms with Gasteiger partial charge in [-0.15, -0.1) is 0 Å². The minimum atomic E-state index is 0.511. The number of rotatable bonds is 0. The fourth-order valence-corrected chi connectivity index (χ4v) is 1.01. The largest absolute Gasteiger partial charge is 0.309 e. The molecule has 0 atom stereocenters. The highest BCUT2D eigenvalue weighted by Crippen LogP contribution is 2.16. The number of hydrogen-bond donors (Lipinski definition) is 2. The second-order valence-electron chi connectivity index (χ2n) is 2.02. The van der Waals surface area contributed by atoms with E-state index < -0.39 is 0 Å². The summed E-state index contributed by atoms with van der Waals surface area (Å²) in [6.07, 6.45) is 3.06. The Bertz CT molecular complexity index is 193. The molecule has 2 nitrogen and oxygen atoms in total. The molecule has 0 amide bonds. The van der Waals surface area contributed by atoms with E-state index in [2.05, 4.69) is 15.9 Å². The monoisotopic (exact) mass is 186 g/mol. The summed E-state index contributed by atoms with van der Waals surface area (Å²) >= 11 is 3.22. The number of nitrogens with one attached hydrogen (secondary N) is 2. The van der Waals surface area contributed by atoms with Crippen LogP contribution in [0.5, 0.6) is 0 Å². The molecule has 0 aliphatic heterocycles. The van der Waals surface area contributed by atoms with E-state index in [4.69, 9.17) is 10.8 Å². The molecule has 48 valence electrons. The van der Waals surface area contributed by atoms with Crippen LogP contribution < -0.4 is 0 Å². The summed E-state index contributed by atoms with van der Waals surface area (Å²) in [5, 5.41) is 14.5. The van der Waals surface area contributed by atoms with Gasteiger partial charge in [0.2, 0.25) is 0 Å². The highest BCUT2D eigenvalue weighted by Gasteiger charge is 2.09. The Morgan fingerprint density at radius 3 is 2.56 bits per heavy atom. The molecular formula is C6H7BrN2. The van der Waals surface area contributed by atoms with Crippen LogP contribution in [0.4, 0.5) is 0 Å². The molecule has 0 radical (unpaired) electrons. The highest BCUT2D eigenvalue weighted by atomic mass is 79.9. The van der Waals surface area contributed by atoms with Gasteiger partial charge < -0.3 is 10.8 Å². The molecule has 1 aliphatic rings. The predicted octanol–water partition coefficient (Wildman–Crippen LogP) is 2.10. The zero-order valence-electron chi connectivity index (χ0n) is 4.87. The lowest BCUT2D eigenvalue weighted by Crippen LogP contribution is -2.10. The molecular weight excluding hydrogens is 180 g/mol. The third kappa shape index (κ3) is 1.48. The van der Waals surface area contributed by atoms with Crippen molar-refractivity contribution in [3.8, 4) is 0 Å². The minimum absolute atomic E-state index is 0.511. The third-order valence-corrected chi connectivity index (χ3v) is 2.01. The first-order chi connectivity index (χ1) is 4.20. The molecule has 0 saturated carbocycles. The van der Waals surface area contributed by atoms with Crippen LogP contribution in [0.1, 0.15) is 12.8 Å². The first kappa shape index (κ1) is 6.68. The van der Waals surface area contributed by atoms with Crippen molar-refractivity contribution in [3.05, 3.63) is 10.6 Å². The van der Waals surface area contributed by atoms with Crippen LogP contribution in [0.3, 0.4) is 0 Å². The number of hydrogen-bond acceptors (Lipinski definition) is 2. The van der Waals surface area contributed by atoms with Gasteiger partial charge in [-0.05, 0) is 15.9 Å². The summed E-state index contributed by atoms with van der Waals surface area (Å²) in [6.45, 7) is 0. The smallest absolute Gasteiger partial charge is 0.0508 e. The minimum Gasteiger partial charge on any atom is -0.309 e. The van der Waals surface area contributed by atoms with Gasteiger partial charge in [0.05, 0.1) is 5.71 Å². The van der Waals surface area contributed by atoms with Gasteiger partial charge >= 0.3 is 0 Å². The van der Waals surface area contributed by atoms with Gasteiger partial charge in [0.15, 0.2) is 0 Å². The predicted molar refractivity (Wildman–Crippen MR) is 41.7 cm³/mol. The summed E-state index contributed by atoms with van der Waals surface area (Å²) in [7, 11) is 0. The van der Waals surface area contributed by atoms with Gasteiger partial charge in [-0.3, -0.25) is 0 Å². The van der Waals surface area contributed by atoms with E-state index in [-0.39, 0.29) is 0 Å². The van der Waals surface area contributed by atoms with Gasteiger partial charge in [-0.2, -0.15) is 0 Å². The molecule has 0 spiro atoms. The van der Waals surface area contributed by atoms with Gasteiger partial charge in [0, 0.05) is 23.0 Å². The Morgan fingerprint density at radius 1 is 1.44 bits per heavy atom. The molecule has 0 saturated heterocycles. The van der Waals surface area contributed by atoms with Crippen LogP contribution in [-0.2, 0) is 0 Å². The summed E-state index contributed by atoms with van der Waals surface area (Å²) in [6, 6.07) is 0. The van der Waals surface area contributed by atoms with Crippen molar-refractivity contribution in [2.24, 2.45) is 0 Å². The zero-order valence-corrected chi connectivity index (χ0v) is 6.46. The Balaban J connectivity index is 2.79. The summed E-state index contributed by atoms with van der Waals surface area (Å²) in [5.41, 5.74) is 1.15. The molecule has 2 N–H and O–H groups in total. The second-order valence-corrected chi connectivity index (χ2v) is 2.87. The molecule has 0 aromatic carbocycles. The zero-order chi connectivity index (χ0) is 6.85. The van der Waals surface area contributed by atoms with Gasteiger partial charge in [-0.25, -0.2) is 0 Å². The maximum absolute atomic E-state index is 7.27. The molecule has 9 heavy (non-hydrogen) atoms. The maximum atomic E-state index is 7.27. The Labute approximate surface area is 62.1 Å². The molecule has 0 unspecified atom stereocenters. The third-order valence-electron chi connectivity index (χ3n) is 1.21. The Morgan fingerprint density at radius 2 is 2.11 bits per heavy atom. The Kier molecular flexibility index (Phi) is 1.81. The van der Waals surface area contributed by atoms with E-state index in [9.17, 15) is 0 Å². The summed E-state index contributed by atoms with van der Waals surface area (Å²) < 4.78 is 0.846. The van der Waals surface area contributed by atoms with Gasteiger partial charge in [0.1, 0.15) is 0 Å². The average Bonchev–Trinajstić information content (AvgIpc) is 1.80. The fourth-order valence-electron chi connectivity index (χ4n) is 0.706. The van der Waals surface area contributed by atoms with Crippen molar-refractivity contribution in [3.63, 3.8) is 0 Å². The van der Waals surface area contributed by atoms with Crippen molar-refractivity contribution in [2.45, 2.75) is 12.8 Å². The van der Waals surface area contributed by atoms with Crippen molar-refractivity contribution < 1.29 is 0 Å². The van der Waals surface area contributed by atoms with Crippen molar-refractivity contribution >= 4 is 27.4 Å². The van der Waals surface area contributed by atoms with E-state index in [1.807, 2.05) is 6.08 Å². The van der Waals surface area contributed by atoms with Gasteiger partial charge in [-0.1, -0.05) is 6.08 Å². The fraction of sp³-hybridized carbons (Fsp3) is 0.333. The SMILES string of the molecule is N=C1CC=C(Br)C(=N)C1. The van der Waals surface area contributed by atoms with E-state index in [0.717, 1.165) is 4.48 Å². The molecule has 0 fully saturated rings. The molecule has 1 rings (SSSR count). The highest BCUT2D eigenvalue weighted by molar-refractivity contribution is 9.12. The second kappa shape index (κ2) is 2.43. The topological polar surface area (TPSA) is 47.7 Å². The number of allylic oxidation sites excluding steroid dienone is 2. The van der Waals surface area contributed by atoms with Crippen LogP contribution in [0.2, 0.25) is 0 Å². The summed E-state index contributed by atoms with van der Waals surface area (Å²) in [5.74, 6) is 0. The molecule has 3 heteroatoms. The lowest BCUT2D eigenvalue weighted by Gasteiger charge is -2.08. The first-order valence-corrected chi connectivity index (χ1v) is 3.49. The van der Waals surface area contributed by atoms with Crippen molar-refractivity contribution in [1.29, 1.82) is 10.8 Å². The van der Waals surface area contributed by atoms with Crippen molar-refractivity contribution in [2.75, 3.05) is 0 Å². The van der Waals surface area contributed by atoms with Crippen molar-refractivity contribution in [1.82, 2.24) is 0 Å². The maximum Gasteiger partial charge on any atom is 0.0508 e. The van der Waals surface area contributed by atoms with E-state index in [0.29, 0.717) is 24.3 Å². The van der Waals surface area contributed by atoms with Crippen LogP contribution >= 0.6 is 15.9 Å². The summed E-state index contributed by atoms with van der Waals surface area (Å²) in [4.78, 5) is 0.